The Labute approximate surface area is 115 Å². The molecular weight excluding hydrogens is 301 g/mol. The minimum Gasteiger partial charge on any atom is -0.274 e. The molecule has 0 aliphatic carbocycles. The van der Waals surface area contributed by atoms with E-state index < -0.39 is 17.0 Å². The van der Waals surface area contributed by atoms with Crippen LogP contribution in [0.5, 0.6) is 0 Å². The van der Waals surface area contributed by atoms with Crippen molar-refractivity contribution in [2.45, 2.75) is 18.0 Å². The van der Waals surface area contributed by atoms with Gasteiger partial charge in [-0.2, -0.15) is 18.3 Å². The first-order valence-electron chi connectivity index (χ1n) is 5.26. The summed E-state index contributed by atoms with van der Waals surface area (Å²) in [6, 6.07) is 1.87. The van der Waals surface area contributed by atoms with Crippen LogP contribution in [0.3, 0.4) is 0 Å². The van der Waals surface area contributed by atoms with Gasteiger partial charge in [0.25, 0.3) is 5.24 Å². The minimum atomic E-state index is -4.44. The first-order valence-corrected chi connectivity index (χ1v) is 6.63. The van der Waals surface area contributed by atoms with E-state index in [1.807, 2.05) is 6.92 Å². The van der Waals surface area contributed by atoms with Gasteiger partial charge in [0.1, 0.15) is 0 Å². The number of fused-ring (bicyclic) bond motifs is 1. The molecule has 0 N–H and O–H groups in total. The summed E-state index contributed by atoms with van der Waals surface area (Å²) in [6.07, 6.45) is -3.27. The molecule has 0 aliphatic heterocycles. The molecule has 2 aromatic heterocycles. The molecule has 19 heavy (non-hydrogen) atoms. The quantitative estimate of drug-likeness (QED) is 0.638. The van der Waals surface area contributed by atoms with Crippen LogP contribution in [0.4, 0.5) is 13.2 Å². The van der Waals surface area contributed by atoms with Crippen LogP contribution >= 0.6 is 23.4 Å². The Balaban J connectivity index is 2.69. The lowest BCUT2D eigenvalue weighted by molar-refractivity contribution is -0.137. The molecule has 0 amide bonds. The molecule has 0 radical (unpaired) electrons. The number of hydrogen-bond acceptors (Lipinski definition) is 3. The molecule has 2 heterocycles. The normalized spacial score (nSPS) is 12.1. The second-order valence-corrected chi connectivity index (χ2v) is 5.24. The highest BCUT2D eigenvalue weighted by molar-refractivity contribution is 7.99. The Morgan fingerprint density at radius 2 is 2.21 bits per heavy atom. The van der Waals surface area contributed by atoms with E-state index in [2.05, 4.69) is 5.10 Å². The highest BCUT2D eigenvalue weighted by Gasteiger charge is 2.31. The molecule has 0 spiro atoms. The van der Waals surface area contributed by atoms with Crippen molar-refractivity contribution >= 4 is 34.1 Å². The van der Waals surface area contributed by atoms with Crippen LogP contribution in [-0.2, 0) is 6.18 Å². The van der Waals surface area contributed by atoms with Gasteiger partial charge < -0.3 is 0 Å². The maximum Gasteiger partial charge on any atom is 0.416 e. The number of nitrogens with zero attached hydrogens (tertiary/aromatic N) is 2. The number of pyridine rings is 1. The van der Waals surface area contributed by atoms with E-state index in [-0.39, 0.29) is 11.2 Å². The van der Waals surface area contributed by atoms with Crippen molar-refractivity contribution in [3.8, 4) is 0 Å². The van der Waals surface area contributed by atoms with E-state index in [0.717, 1.165) is 12.1 Å². The maximum absolute atomic E-state index is 12.7. The van der Waals surface area contributed by atoms with Gasteiger partial charge in [-0.05, 0) is 29.5 Å². The molecular formula is C11H8ClF3N2OS. The van der Waals surface area contributed by atoms with Gasteiger partial charge in [0, 0.05) is 6.20 Å². The molecule has 0 unspecified atom stereocenters. The summed E-state index contributed by atoms with van der Waals surface area (Å²) in [6.45, 7) is 1.82. The molecule has 0 saturated carbocycles. The number of carbonyl (C=O) groups excluding carboxylic acids is 1. The van der Waals surface area contributed by atoms with E-state index in [9.17, 15) is 18.0 Å². The molecule has 0 atom stereocenters. The average Bonchev–Trinajstić information content (AvgIpc) is 2.67. The van der Waals surface area contributed by atoms with Crippen molar-refractivity contribution in [3.63, 3.8) is 0 Å². The predicted octanol–water partition coefficient (Wildman–Crippen LogP) is 3.84. The van der Waals surface area contributed by atoms with Crippen molar-refractivity contribution in [1.82, 2.24) is 9.61 Å². The van der Waals surface area contributed by atoms with Crippen molar-refractivity contribution in [1.29, 1.82) is 0 Å². The third kappa shape index (κ3) is 2.71. The molecule has 102 valence electrons. The number of aromatic nitrogens is 2. The van der Waals surface area contributed by atoms with E-state index >= 15 is 0 Å². The summed E-state index contributed by atoms with van der Waals surface area (Å²) in [4.78, 5) is 11.6. The molecule has 0 saturated heterocycles. The predicted molar refractivity (Wildman–Crippen MR) is 66.8 cm³/mol. The molecule has 0 bridgehead atoms. The van der Waals surface area contributed by atoms with Gasteiger partial charge in [-0.1, -0.05) is 6.92 Å². The summed E-state index contributed by atoms with van der Waals surface area (Å²) < 4.78 is 39.2. The Morgan fingerprint density at radius 1 is 1.53 bits per heavy atom. The largest absolute Gasteiger partial charge is 0.416 e. The van der Waals surface area contributed by atoms with Crippen LogP contribution in [0.15, 0.2) is 23.2 Å². The molecule has 3 nitrogen and oxygen atoms in total. The highest BCUT2D eigenvalue weighted by atomic mass is 35.5. The third-order valence-electron chi connectivity index (χ3n) is 2.39. The van der Waals surface area contributed by atoms with E-state index in [1.165, 1.54) is 22.5 Å². The van der Waals surface area contributed by atoms with Crippen molar-refractivity contribution in [3.05, 3.63) is 29.6 Å². The van der Waals surface area contributed by atoms with Gasteiger partial charge in [0.05, 0.1) is 16.0 Å². The summed E-state index contributed by atoms with van der Waals surface area (Å²) in [7, 11) is 0. The van der Waals surface area contributed by atoms with Crippen LogP contribution in [0.1, 0.15) is 23.0 Å². The smallest absolute Gasteiger partial charge is 0.274 e. The van der Waals surface area contributed by atoms with Gasteiger partial charge in [-0.3, -0.25) is 4.79 Å². The number of rotatable bonds is 3. The number of alkyl halides is 3. The van der Waals surface area contributed by atoms with Crippen LogP contribution in [0.2, 0.25) is 0 Å². The third-order valence-corrected chi connectivity index (χ3v) is 3.55. The highest BCUT2D eigenvalue weighted by Crippen LogP contribution is 2.34. The summed E-state index contributed by atoms with van der Waals surface area (Å²) in [5.41, 5.74) is -0.579. The Morgan fingerprint density at radius 3 is 2.74 bits per heavy atom. The van der Waals surface area contributed by atoms with Gasteiger partial charge in [-0.15, -0.1) is 11.8 Å². The maximum atomic E-state index is 12.7. The fourth-order valence-corrected chi connectivity index (χ4v) is 2.66. The fraction of sp³-hybridized carbons (Fsp3) is 0.273. The first kappa shape index (κ1) is 14.2. The summed E-state index contributed by atoms with van der Waals surface area (Å²) >= 11 is 6.62. The zero-order valence-corrected chi connectivity index (χ0v) is 11.2. The molecule has 8 heteroatoms. The second-order valence-electron chi connectivity index (χ2n) is 3.63. The first-order chi connectivity index (χ1) is 8.84. The zero-order chi connectivity index (χ0) is 14.2. The molecule has 0 aliphatic rings. The number of halogens is 4. The van der Waals surface area contributed by atoms with Gasteiger partial charge in [-0.25, -0.2) is 4.52 Å². The van der Waals surface area contributed by atoms with Gasteiger partial charge >= 0.3 is 6.18 Å². The van der Waals surface area contributed by atoms with Gasteiger partial charge in [0.15, 0.2) is 5.69 Å². The topological polar surface area (TPSA) is 34.4 Å². The van der Waals surface area contributed by atoms with Crippen molar-refractivity contribution in [2.24, 2.45) is 0 Å². The summed E-state index contributed by atoms with van der Waals surface area (Å²) in [5.74, 6) is 0.592. The molecule has 0 fully saturated rings. The lowest BCUT2D eigenvalue weighted by Crippen LogP contribution is -2.05. The number of thioether (sulfide) groups is 1. The molecule has 2 aromatic rings. The second kappa shape index (κ2) is 5.05. The van der Waals surface area contributed by atoms with E-state index in [1.54, 1.807) is 0 Å². The van der Waals surface area contributed by atoms with Crippen molar-refractivity contribution < 1.29 is 18.0 Å². The Kier molecular flexibility index (Phi) is 3.78. The van der Waals surface area contributed by atoms with Gasteiger partial charge in [0.2, 0.25) is 0 Å². The standard InChI is InChI=1S/C11H8ClF3N2OS/c1-2-19-9-7-5-6(11(13,14)15)3-4-17(7)16-8(9)10(12)18/h3-5H,2H2,1H3. The van der Waals surface area contributed by atoms with Crippen LogP contribution in [0.25, 0.3) is 5.52 Å². The Hall–Kier alpha value is -1.21. The molecule has 0 aromatic carbocycles. The van der Waals surface area contributed by atoms with Crippen LogP contribution in [-0.4, -0.2) is 20.6 Å². The minimum absolute atomic E-state index is 0.0205. The average molecular weight is 309 g/mol. The SMILES string of the molecule is CCSc1c(C(=O)Cl)nn2ccc(C(F)(F)F)cc12. The lowest BCUT2D eigenvalue weighted by Gasteiger charge is -2.06. The summed E-state index contributed by atoms with van der Waals surface area (Å²) in [5, 5.41) is 3.12. The number of carbonyl (C=O) groups is 1. The van der Waals surface area contributed by atoms with Crippen molar-refractivity contribution in [2.75, 3.05) is 5.75 Å². The monoisotopic (exact) mass is 308 g/mol. The van der Waals surface area contributed by atoms with E-state index in [0.29, 0.717) is 10.6 Å². The van der Waals surface area contributed by atoms with Crippen LogP contribution < -0.4 is 0 Å². The van der Waals surface area contributed by atoms with Crippen LogP contribution in [0, 0.1) is 0 Å². The van der Waals surface area contributed by atoms with E-state index in [4.69, 9.17) is 11.6 Å². The lowest BCUT2D eigenvalue weighted by atomic mass is 10.2. The molecule has 2 rings (SSSR count). The zero-order valence-electron chi connectivity index (χ0n) is 9.66. The Bertz CT molecular complexity index is 639. The number of hydrogen-bond donors (Lipinski definition) is 0. The fourth-order valence-electron chi connectivity index (χ4n) is 1.62.